The van der Waals surface area contributed by atoms with Crippen molar-refractivity contribution in [3.05, 3.63) is 29.8 Å². The van der Waals surface area contributed by atoms with Gasteiger partial charge in [-0.25, -0.2) is 0 Å². The monoisotopic (exact) mass is 243 g/mol. The van der Waals surface area contributed by atoms with E-state index < -0.39 is 0 Å². The van der Waals surface area contributed by atoms with Crippen LogP contribution in [-0.2, 0) is 0 Å². The van der Waals surface area contributed by atoms with Crippen LogP contribution in [0.1, 0.15) is 38.2 Å². The summed E-state index contributed by atoms with van der Waals surface area (Å²) >= 11 is 0. The standard InChI is InChI=1S/C15H21N3/c1-12-5-2-3-8-15(12,11-17)18-14-7-4-6-13(9-14)10-16/h4,6-7,9,12,18H,2-3,5,8,11,17H2,1H3. The van der Waals surface area contributed by atoms with Crippen LogP contribution in [0.25, 0.3) is 0 Å². The molecule has 0 radical (unpaired) electrons. The molecule has 2 unspecified atom stereocenters. The molecular weight excluding hydrogens is 222 g/mol. The molecule has 1 aliphatic rings. The van der Waals surface area contributed by atoms with Crippen LogP contribution in [0.4, 0.5) is 5.69 Å². The van der Waals surface area contributed by atoms with E-state index in [1.165, 1.54) is 19.3 Å². The lowest BCUT2D eigenvalue weighted by atomic mass is 9.73. The van der Waals surface area contributed by atoms with Crippen molar-refractivity contribution >= 4 is 5.69 Å². The van der Waals surface area contributed by atoms with E-state index in [-0.39, 0.29) is 5.54 Å². The number of hydrogen-bond donors (Lipinski definition) is 2. The van der Waals surface area contributed by atoms with Gasteiger partial charge in [0, 0.05) is 12.2 Å². The molecule has 0 aliphatic heterocycles. The Morgan fingerprint density at radius 1 is 1.50 bits per heavy atom. The maximum absolute atomic E-state index is 8.94. The zero-order chi connectivity index (χ0) is 13.0. The average Bonchev–Trinajstić information content (AvgIpc) is 2.42. The van der Waals surface area contributed by atoms with Gasteiger partial charge in [0.2, 0.25) is 0 Å². The van der Waals surface area contributed by atoms with Crippen molar-refractivity contribution in [1.29, 1.82) is 5.26 Å². The van der Waals surface area contributed by atoms with Crippen molar-refractivity contribution in [1.82, 2.24) is 0 Å². The van der Waals surface area contributed by atoms with Crippen LogP contribution in [-0.4, -0.2) is 12.1 Å². The predicted molar refractivity (Wildman–Crippen MR) is 74.2 cm³/mol. The van der Waals surface area contributed by atoms with E-state index in [1.807, 2.05) is 24.3 Å². The Hall–Kier alpha value is -1.53. The van der Waals surface area contributed by atoms with E-state index >= 15 is 0 Å². The molecule has 0 saturated heterocycles. The molecule has 3 heteroatoms. The van der Waals surface area contributed by atoms with Gasteiger partial charge in [-0.05, 0) is 37.0 Å². The van der Waals surface area contributed by atoms with Crippen LogP contribution in [0.2, 0.25) is 0 Å². The average molecular weight is 243 g/mol. The number of nitrogens with two attached hydrogens (primary N) is 1. The summed E-state index contributed by atoms with van der Waals surface area (Å²) in [5.41, 5.74) is 7.71. The highest BCUT2D eigenvalue weighted by atomic mass is 15.0. The van der Waals surface area contributed by atoms with Gasteiger partial charge in [-0.2, -0.15) is 5.26 Å². The predicted octanol–water partition coefficient (Wildman–Crippen LogP) is 2.88. The molecule has 3 nitrogen and oxygen atoms in total. The van der Waals surface area contributed by atoms with Crippen LogP contribution >= 0.6 is 0 Å². The Labute approximate surface area is 109 Å². The molecule has 1 aromatic rings. The van der Waals surface area contributed by atoms with Crippen LogP contribution in [0.3, 0.4) is 0 Å². The summed E-state index contributed by atoms with van der Waals surface area (Å²) in [6.45, 7) is 2.91. The van der Waals surface area contributed by atoms with E-state index in [0.717, 1.165) is 12.1 Å². The first-order valence-electron chi connectivity index (χ1n) is 6.68. The molecule has 0 spiro atoms. The SMILES string of the molecule is CC1CCCCC1(CN)Nc1cccc(C#N)c1. The fraction of sp³-hybridized carbons (Fsp3) is 0.533. The molecule has 1 fully saturated rings. The number of nitriles is 1. The van der Waals surface area contributed by atoms with Gasteiger partial charge in [-0.15, -0.1) is 0 Å². The summed E-state index contributed by atoms with van der Waals surface area (Å²) in [4.78, 5) is 0. The lowest BCUT2D eigenvalue weighted by Gasteiger charge is -2.43. The minimum atomic E-state index is -0.00761. The highest BCUT2D eigenvalue weighted by Crippen LogP contribution is 2.35. The Kier molecular flexibility index (Phi) is 3.88. The van der Waals surface area contributed by atoms with Crippen molar-refractivity contribution in [3.8, 4) is 6.07 Å². The van der Waals surface area contributed by atoms with Crippen LogP contribution in [0.15, 0.2) is 24.3 Å². The maximum Gasteiger partial charge on any atom is 0.0992 e. The van der Waals surface area contributed by atoms with Gasteiger partial charge >= 0.3 is 0 Å². The first-order valence-corrected chi connectivity index (χ1v) is 6.68. The fourth-order valence-electron chi connectivity index (χ4n) is 2.91. The normalized spacial score (nSPS) is 27.5. The second-order valence-electron chi connectivity index (χ2n) is 5.32. The van der Waals surface area contributed by atoms with Crippen LogP contribution in [0.5, 0.6) is 0 Å². The van der Waals surface area contributed by atoms with E-state index in [1.54, 1.807) is 0 Å². The zero-order valence-electron chi connectivity index (χ0n) is 10.9. The first-order chi connectivity index (χ1) is 8.70. The summed E-state index contributed by atoms with van der Waals surface area (Å²) in [6.07, 6.45) is 4.86. The van der Waals surface area contributed by atoms with Crippen LogP contribution < -0.4 is 11.1 Å². The molecule has 18 heavy (non-hydrogen) atoms. The van der Waals surface area contributed by atoms with Crippen LogP contribution in [0, 0.1) is 17.2 Å². The minimum Gasteiger partial charge on any atom is -0.378 e. The topological polar surface area (TPSA) is 61.8 Å². The van der Waals surface area contributed by atoms with Gasteiger partial charge < -0.3 is 11.1 Å². The number of nitrogens with zero attached hydrogens (tertiary/aromatic N) is 1. The van der Waals surface area contributed by atoms with Gasteiger partial charge in [-0.3, -0.25) is 0 Å². The van der Waals surface area contributed by atoms with E-state index in [4.69, 9.17) is 11.0 Å². The van der Waals surface area contributed by atoms with Crippen molar-refractivity contribution in [2.24, 2.45) is 11.7 Å². The zero-order valence-corrected chi connectivity index (χ0v) is 10.9. The summed E-state index contributed by atoms with van der Waals surface area (Å²) in [6, 6.07) is 9.83. The van der Waals surface area contributed by atoms with Crippen molar-refractivity contribution in [3.63, 3.8) is 0 Å². The molecule has 3 N–H and O–H groups in total. The third-order valence-corrected chi connectivity index (χ3v) is 4.20. The van der Waals surface area contributed by atoms with Crippen molar-refractivity contribution in [2.45, 2.75) is 38.1 Å². The van der Waals surface area contributed by atoms with Gasteiger partial charge in [-0.1, -0.05) is 25.8 Å². The lowest BCUT2D eigenvalue weighted by molar-refractivity contribution is 0.235. The largest absolute Gasteiger partial charge is 0.378 e. The number of benzene rings is 1. The summed E-state index contributed by atoms with van der Waals surface area (Å²) in [5.74, 6) is 0.571. The molecule has 1 saturated carbocycles. The third kappa shape index (κ3) is 2.49. The highest BCUT2D eigenvalue weighted by Gasteiger charge is 2.36. The molecule has 2 atom stereocenters. The summed E-state index contributed by atoms with van der Waals surface area (Å²) in [5, 5.41) is 12.5. The number of hydrogen-bond acceptors (Lipinski definition) is 3. The van der Waals surface area contributed by atoms with E-state index in [2.05, 4.69) is 18.3 Å². The first kappa shape index (κ1) is 12.9. The molecule has 1 aliphatic carbocycles. The highest BCUT2D eigenvalue weighted by molar-refractivity contribution is 5.51. The second kappa shape index (κ2) is 5.41. The molecule has 1 aromatic carbocycles. The van der Waals surface area contributed by atoms with E-state index in [0.29, 0.717) is 18.0 Å². The molecule has 0 aromatic heterocycles. The maximum atomic E-state index is 8.94. The van der Waals surface area contributed by atoms with E-state index in [9.17, 15) is 0 Å². The Bertz CT molecular complexity index is 449. The summed E-state index contributed by atoms with van der Waals surface area (Å²) < 4.78 is 0. The molecular formula is C15H21N3. The molecule has 2 rings (SSSR count). The Morgan fingerprint density at radius 3 is 3.00 bits per heavy atom. The third-order valence-electron chi connectivity index (χ3n) is 4.20. The fourth-order valence-corrected chi connectivity index (χ4v) is 2.91. The van der Waals surface area contributed by atoms with Gasteiger partial charge in [0.25, 0.3) is 0 Å². The van der Waals surface area contributed by atoms with Crippen molar-refractivity contribution in [2.75, 3.05) is 11.9 Å². The molecule has 0 amide bonds. The summed E-state index contributed by atoms with van der Waals surface area (Å²) in [7, 11) is 0. The van der Waals surface area contributed by atoms with Crippen molar-refractivity contribution < 1.29 is 0 Å². The second-order valence-corrected chi connectivity index (χ2v) is 5.32. The number of anilines is 1. The molecule has 96 valence electrons. The number of rotatable bonds is 3. The van der Waals surface area contributed by atoms with Gasteiger partial charge in [0.05, 0.1) is 17.2 Å². The molecule has 0 bridgehead atoms. The number of nitrogens with one attached hydrogen (secondary N) is 1. The quantitative estimate of drug-likeness (QED) is 0.858. The molecule has 0 heterocycles. The smallest absolute Gasteiger partial charge is 0.0992 e. The van der Waals surface area contributed by atoms with Gasteiger partial charge in [0.1, 0.15) is 0 Å². The minimum absolute atomic E-state index is 0.00761. The Morgan fingerprint density at radius 2 is 2.33 bits per heavy atom. The lowest BCUT2D eigenvalue weighted by Crippen LogP contribution is -2.52. The van der Waals surface area contributed by atoms with Gasteiger partial charge in [0.15, 0.2) is 0 Å². The Balaban J connectivity index is 2.21.